The van der Waals surface area contributed by atoms with Crippen LogP contribution in [-0.2, 0) is 6.42 Å². The molecule has 3 atom stereocenters. The van der Waals surface area contributed by atoms with Crippen LogP contribution in [0.5, 0.6) is 0 Å². The van der Waals surface area contributed by atoms with Crippen LogP contribution >= 0.6 is 35.3 Å². The second kappa shape index (κ2) is 8.09. The van der Waals surface area contributed by atoms with Crippen LogP contribution in [0.3, 0.4) is 0 Å². The quantitative estimate of drug-likeness (QED) is 0.458. The third-order valence-corrected chi connectivity index (χ3v) is 4.30. The highest BCUT2D eigenvalue weighted by Crippen LogP contribution is 2.28. The van der Waals surface area contributed by atoms with Gasteiger partial charge in [0.15, 0.2) is 5.96 Å². The maximum absolute atomic E-state index is 4.27. The fourth-order valence-corrected chi connectivity index (χ4v) is 2.88. The molecule has 0 bridgehead atoms. The van der Waals surface area contributed by atoms with Gasteiger partial charge in [0, 0.05) is 24.5 Å². The lowest BCUT2D eigenvalue weighted by Crippen LogP contribution is -2.41. The molecule has 3 unspecified atom stereocenters. The first kappa shape index (κ1) is 16.8. The van der Waals surface area contributed by atoms with E-state index in [4.69, 9.17) is 0 Å². The van der Waals surface area contributed by atoms with E-state index in [2.05, 4.69) is 47.0 Å². The third-order valence-electron chi connectivity index (χ3n) is 3.40. The molecule has 1 aromatic heterocycles. The van der Waals surface area contributed by atoms with Crippen molar-refractivity contribution in [3.63, 3.8) is 0 Å². The van der Waals surface area contributed by atoms with Gasteiger partial charge >= 0.3 is 0 Å². The summed E-state index contributed by atoms with van der Waals surface area (Å²) in [6, 6.07) is 4.96. The van der Waals surface area contributed by atoms with Gasteiger partial charge in [0.2, 0.25) is 0 Å². The van der Waals surface area contributed by atoms with E-state index in [-0.39, 0.29) is 24.0 Å². The predicted octanol–water partition coefficient (Wildman–Crippen LogP) is 3.12. The van der Waals surface area contributed by atoms with Gasteiger partial charge in [-0.1, -0.05) is 19.9 Å². The molecule has 0 amide bonds. The first-order valence-electron chi connectivity index (χ1n) is 6.68. The molecule has 1 aromatic rings. The minimum absolute atomic E-state index is 0. The molecule has 0 spiro atoms. The lowest BCUT2D eigenvalue weighted by atomic mass is 10.1. The van der Waals surface area contributed by atoms with Crippen molar-refractivity contribution in [1.29, 1.82) is 0 Å². The molecule has 1 heterocycles. The Hall–Kier alpha value is -0.300. The molecule has 3 nitrogen and oxygen atoms in total. The highest BCUT2D eigenvalue weighted by molar-refractivity contribution is 14.0. The molecule has 19 heavy (non-hydrogen) atoms. The van der Waals surface area contributed by atoms with Crippen LogP contribution in [0.15, 0.2) is 22.5 Å². The van der Waals surface area contributed by atoms with Crippen LogP contribution < -0.4 is 10.6 Å². The third kappa shape index (κ3) is 5.69. The number of halogens is 1. The van der Waals surface area contributed by atoms with Gasteiger partial charge in [0.1, 0.15) is 0 Å². The van der Waals surface area contributed by atoms with Crippen LogP contribution in [-0.4, -0.2) is 25.6 Å². The fourth-order valence-electron chi connectivity index (χ4n) is 2.01. The fraction of sp³-hybridized carbons (Fsp3) is 0.643. The average Bonchev–Trinajstić information content (AvgIpc) is 2.82. The zero-order valence-electron chi connectivity index (χ0n) is 11.8. The summed E-state index contributed by atoms with van der Waals surface area (Å²) in [5.74, 6) is 2.37. The number of nitrogens with zero attached hydrogens (tertiary/aromatic N) is 1. The summed E-state index contributed by atoms with van der Waals surface area (Å²) in [6.45, 7) is 5.52. The molecular weight excluding hydrogens is 369 g/mol. The largest absolute Gasteiger partial charge is 0.356 e. The van der Waals surface area contributed by atoms with E-state index in [0.29, 0.717) is 12.0 Å². The minimum atomic E-state index is 0. The Labute approximate surface area is 137 Å². The Kier molecular flexibility index (Phi) is 7.13. The number of guanidine groups is 1. The Morgan fingerprint density at radius 2 is 2.32 bits per heavy atom. The minimum Gasteiger partial charge on any atom is -0.356 e. The van der Waals surface area contributed by atoms with Crippen molar-refractivity contribution in [2.75, 3.05) is 13.6 Å². The van der Waals surface area contributed by atoms with Gasteiger partial charge < -0.3 is 10.6 Å². The van der Waals surface area contributed by atoms with Crippen molar-refractivity contribution in [3.8, 4) is 0 Å². The SMILES string of the molecule is CN=C(NCC(C)Cc1cccs1)NC1CC1C.I. The highest BCUT2D eigenvalue weighted by atomic mass is 127. The zero-order chi connectivity index (χ0) is 13.0. The second-order valence-electron chi connectivity index (χ2n) is 5.31. The van der Waals surface area contributed by atoms with Crippen LogP contribution in [0.25, 0.3) is 0 Å². The van der Waals surface area contributed by atoms with Crippen LogP contribution in [0, 0.1) is 11.8 Å². The molecule has 108 valence electrons. The maximum atomic E-state index is 4.27. The number of rotatable bonds is 5. The van der Waals surface area contributed by atoms with Gasteiger partial charge in [0.25, 0.3) is 0 Å². The number of hydrogen-bond donors (Lipinski definition) is 2. The van der Waals surface area contributed by atoms with Gasteiger partial charge in [-0.2, -0.15) is 0 Å². The summed E-state index contributed by atoms with van der Waals surface area (Å²) in [5.41, 5.74) is 0. The lowest BCUT2D eigenvalue weighted by molar-refractivity contribution is 0.561. The van der Waals surface area contributed by atoms with Crippen LogP contribution in [0.2, 0.25) is 0 Å². The van der Waals surface area contributed by atoms with Crippen molar-refractivity contribution < 1.29 is 0 Å². The Bertz CT molecular complexity index is 391. The molecule has 0 aromatic carbocycles. The number of nitrogens with one attached hydrogen (secondary N) is 2. The lowest BCUT2D eigenvalue weighted by Gasteiger charge is -2.15. The van der Waals surface area contributed by atoms with Gasteiger partial charge in [-0.25, -0.2) is 0 Å². The summed E-state index contributed by atoms with van der Waals surface area (Å²) < 4.78 is 0. The molecule has 2 N–H and O–H groups in total. The summed E-state index contributed by atoms with van der Waals surface area (Å²) in [4.78, 5) is 5.73. The molecule has 0 saturated heterocycles. The normalized spacial score (nSPS) is 23.4. The first-order valence-corrected chi connectivity index (χ1v) is 7.56. The Morgan fingerprint density at radius 3 is 2.84 bits per heavy atom. The highest BCUT2D eigenvalue weighted by Gasteiger charge is 2.33. The van der Waals surface area contributed by atoms with Crippen molar-refractivity contribution in [2.24, 2.45) is 16.8 Å². The molecule has 1 aliphatic carbocycles. The molecule has 1 fully saturated rings. The van der Waals surface area contributed by atoms with E-state index in [1.807, 2.05) is 18.4 Å². The van der Waals surface area contributed by atoms with Gasteiger partial charge in [-0.05, 0) is 36.1 Å². The van der Waals surface area contributed by atoms with E-state index in [0.717, 1.165) is 24.8 Å². The number of thiophene rings is 1. The standard InChI is InChI=1S/C14H23N3S.HI/c1-10(7-12-5-4-6-18-12)9-16-14(15-3)17-13-8-11(13)2;/h4-6,10-11,13H,7-9H2,1-3H3,(H2,15,16,17);1H. The van der Waals surface area contributed by atoms with Crippen LogP contribution in [0.4, 0.5) is 0 Å². The van der Waals surface area contributed by atoms with E-state index in [9.17, 15) is 0 Å². The molecule has 5 heteroatoms. The molecular formula is C14H24IN3S. The second-order valence-corrected chi connectivity index (χ2v) is 6.34. The molecule has 2 rings (SSSR count). The number of hydrogen-bond acceptors (Lipinski definition) is 2. The number of aliphatic imine (C=N–C) groups is 1. The van der Waals surface area contributed by atoms with Crippen molar-refractivity contribution in [2.45, 2.75) is 32.7 Å². The molecule has 1 aliphatic rings. The van der Waals surface area contributed by atoms with Gasteiger partial charge in [-0.15, -0.1) is 35.3 Å². The Balaban J connectivity index is 0.00000180. The van der Waals surface area contributed by atoms with E-state index in [1.54, 1.807) is 0 Å². The van der Waals surface area contributed by atoms with Crippen molar-refractivity contribution in [3.05, 3.63) is 22.4 Å². The summed E-state index contributed by atoms with van der Waals surface area (Å²) >= 11 is 1.84. The van der Waals surface area contributed by atoms with Gasteiger partial charge in [-0.3, -0.25) is 4.99 Å². The summed E-state index contributed by atoms with van der Waals surface area (Å²) in [6.07, 6.45) is 2.41. The molecule has 1 saturated carbocycles. The van der Waals surface area contributed by atoms with E-state index >= 15 is 0 Å². The van der Waals surface area contributed by atoms with Gasteiger partial charge in [0.05, 0.1) is 0 Å². The summed E-state index contributed by atoms with van der Waals surface area (Å²) in [5, 5.41) is 9.01. The average molecular weight is 393 g/mol. The molecule has 0 aliphatic heterocycles. The zero-order valence-corrected chi connectivity index (χ0v) is 15.0. The first-order chi connectivity index (χ1) is 8.69. The van der Waals surface area contributed by atoms with E-state index < -0.39 is 0 Å². The smallest absolute Gasteiger partial charge is 0.191 e. The molecule has 0 radical (unpaired) electrons. The van der Waals surface area contributed by atoms with Crippen LogP contribution in [0.1, 0.15) is 25.1 Å². The Morgan fingerprint density at radius 1 is 1.58 bits per heavy atom. The summed E-state index contributed by atoms with van der Waals surface area (Å²) in [7, 11) is 1.84. The topological polar surface area (TPSA) is 36.4 Å². The predicted molar refractivity (Wildman–Crippen MR) is 94.7 cm³/mol. The van der Waals surface area contributed by atoms with E-state index in [1.165, 1.54) is 11.3 Å². The monoisotopic (exact) mass is 393 g/mol. The van der Waals surface area contributed by atoms with Crippen molar-refractivity contribution in [1.82, 2.24) is 10.6 Å². The maximum Gasteiger partial charge on any atom is 0.191 e. The van der Waals surface area contributed by atoms with Crippen molar-refractivity contribution >= 4 is 41.3 Å².